The molecule has 2 aromatic rings. The molecule has 0 aliphatic rings. The third-order valence-corrected chi connectivity index (χ3v) is 3.54. The first-order valence-electron chi connectivity index (χ1n) is 7.79. The van der Waals surface area contributed by atoms with Crippen molar-refractivity contribution in [3.05, 3.63) is 64.1 Å². The highest BCUT2D eigenvalue weighted by Gasteiger charge is 2.20. The number of pyridine rings is 1. The van der Waals surface area contributed by atoms with Gasteiger partial charge >= 0.3 is 0 Å². The minimum atomic E-state index is -0.793. The summed E-state index contributed by atoms with van der Waals surface area (Å²) in [5.41, 5.74) is 0.698. The Morgan fingerprint density at radius 3 is 2.54 bits per heavy atom. The molecule has 1 aromatic heterocycles. The summed E-state index contributed by atoms with van der Waals surface area (Å²) in [6.45, 7) is 9.38. The van der Waals surface area contributed by atoms with Crippen LogP contribution in [0.3, 0.4) is 0 Å². The van der Waals surface area contributed by atoms with Crippen LogP contribution in [0.15, 0.2) is 35.6 Å². The second kappa shape index (κ2) is 7.43. The Balaban J connectivity index is 2.68. The Bertz CT molecular complexity index is 786. The molecule has 0 saturated heterocycles. The molecule has 1 aromatic carbocycles. The van der Waals surface area contributed by atoms with Crippen LogP contribution in [-0.4, -0.2) is 11.6 Å². The Morgan fingerprint density at radius 2 is 1.96 bits per heavy atom. The number of hydrogen-bond donors (Lipinski definition) is 1. The van der Waals surface area contributed by atoms with Crippen LogP contribution in [0.25, 0.3) is 11.1 Å². The summed E-state index contributed by atoms with van der Waals surface area (Å²) >= 11 is 0. The summed E-state index contributed by atoms with van der Waals surface area (Å²) in [6.07, 6.45) is 2.20. The predicted molar refractivity (Wildman–Crippen MR) is 91.4 cm³/mol. The summed E-state index contributed by atoms with van der Waals surface area (Å²) < 4.78 is 33.3. The molecule has 5 heteroatoms. The number of nitrogens with one attached hydrogen (secondary N) is 1. The minimum Gasteiger partial charge on any atom is -0.489 e. The first kappa shape index (κ1) is 17.9. The molecule has 3 nitrogen and oxygen atoms in total. The van der Waals surface area contributed by atoms with Gasteiger partial charge in [-0.15, -0.1) is 0 Å². The van der Waals surface area contributed by atoms with Gasteiger partial charge in [0.15, 0.2) is 0 Å². The molecule has 128 valence electrons. The molecule has 0 unspecified atom stereocenters. The van der Waals surface area contributed by atoms with E-state index in [2.05, 4.69) is 11.6 Å². The van der Waals surface area contributed by atoms with Crippen LogP contribution in [-0.2, 0) is 6.42 Å². The van der Waals surface area contributed by atoms with Crippen LogP contribution in [0.2, 0.25) is 0 Å². The highest BCUT2D eigenvalue weighted by Crippen LogP contribution is 2.32. The lowest BCUT2D eigenvalue weighted by Gasteiger charge is -2.15. The van der Waals surface area contributed by atoms with Crippen molar-refractivity contribution in [1.29, 1.82) is 0 Å². The SMILES string of the molecule is C=CCOc1cc(CC(C)C)[nH]c(=O)c1-c1c(C)cc(F)cc1F. The lowest BCUT2D eigenvalue weighted by molar-refractivity contribution is 0.363. The Labute approximate surface area is 140 Å². The lowest BCUT2D eigenvalue weighted by Crippen LogP contribution is -2.16. The van der Waals surface area contributed by atoms with E-state index in [0.29, 0.717) is 23.6 Å². The van der Waals surface area contributed by atoms with E-state index in [1.165, 1.54) is 6.07 Å². The first-order chi connectivity index (χ1) is 11.3. The topological polar surface area (TPSA) is 42.1 Å². The first-order valence-corrected chi connectivity index (χ1v) is 7.79. The molecule has 24 heavy (non-hydrogen) atoms. The van der Waals surface area contributed by atoms with Crippen LogP contribution in [0.1, 0.15) is 25.1 Å². The van der Waals surface area contributed by atoms with E-state index in [0.717, 1.165) is 6.07 Å². The van der Waals surface area contributed by atoms with Crippen molar-refractivity contribution < 1.29 is 13.5 Å². The van der Waals surface area contributed by atoms with Gasteiger partial charge in [0.2, 0.25) is 0 Å². The average Bonchev–Trinajstić information content (AvgIpc) is 2.45. The number of halogens is 2. The number of rotatable bonds is 6. The Morgan fingerprint density at radius 1 is 1.25 bits per heavy atom. The van der Waals surface area contributed by atoms with Crippen LogP contribution in [0.4, 0.5) is 8.78 Å². The molecule has 0 aliphatic carbocycles. The maximum Gasteiger partial charge on any atom is 0.259 e. The van der Waals surface area contributed by atoms with E-state index < -0.39 is 17.2 Å². The van der Waals surface area contributed by atoms with Crippen LogP contribution in [0, 0.1) is 24.5 Å². The predicted octanol–water partition coefficient (Wildman–Crippen LogP) is 4.39. The minimum absolute atomic E-state index is 0.0489. The van der Waals surface area contributed by atoms with Crippen LogP contribution in [0.5, 0.6) is 5.75 Å². The summed E-state index contributed by atoms with van der Waals surface area (Å²) in [4.78, 5) is 15.3. The summed E-state index contributed by atoms with van der Waals surface area (Å²) in [7, 11) is 0. The normalized spacial score (nSPS) is 10.9. The fourth-order valence-corrected chi connectivity index (χ4v) is 2.65. The molecule has 0 amide bonds. The van der Waals surface area contributed by atoms with Gasteiger partial charge in [-0.3, -0.25) is 4.79 Å². The number of benzene rings is 1. The number of aryl methyl sites for hydroxylation is 1. The van der Waals surface area contributed by atoms with E-state index in [9.17, 15) is 13.6 Å². The molecule has 0 spiro atoms. The maximum absolute atomic E-state index is 14.3. The van der Waals surface area contributed by atoms with E-state index >= 15 is 0 Å². The molecule has 0 saturated carbocycles. The van der Waals surface area contributed by atoms with E-state index in [1.807, 2.05) is 13.8 Å². The molecule has 1 heterocycles. The summed E-state index contributed by atoms with van der Waals surface area (Å²) in [5.74, 6) is -0.876. The third-order valence-electron chi connectivity index (χ3n) is 3.54. The van der Waals surface area contributed by atoms with E-state index in [-0.39, 0.29) is 23.5 Å². The second-order valence-corrected chi connectivity index (χ2v) is 6.14. The molecular weight excluding hydrogens is 312 g/mol. The molecule has 2 rings (SSSR count). The number of aromatic amines is 1. The average molecular weight is 333 g/mol. The zero-order chi connectivity index (χ0) is 17.9. The Kier molecular flexibility index (Phi) is 5.54. The lowest BCUT2D eigenvalue weighted by atomic mass is 9.98. The van der Waals surface area contributed by atoms with Gasteiger partial charge in [-0.25, -0.2) is 8.78 Å². The van der Waals surface area contributed by atoms with Gasteiger partial charge < -0.3 is 9.72 Å². The van der Waals surface area contributed by atoms with Gasteiger partial charge in [0, 0.05) is 23.4 Å². The van der Waals surface area contributed by atoms with Crippen molar-refractivity contribution in [3.63, 3.8) is 0 Å². The quantitative estimate of drug-likeness (QED) is 0.797. The monoisotopic (exact) mass is 333 g/mol. The molecule has 0 atom stereocenters. The maximum atomic E-state index is 14.3. The number of aromatic nitrogens is 1. The van der Waals surface area contributed by atoms with Gasteiger partial charge in [0.05, 0.1) is 5.56 Å². The number of hydrogen-bond acceptors (Lipinski definition) is 2. The van der Waals surface area contributed by atoms with Gasteiger partial charge in [-0.05, 0) is 30.9 Å². The fourth-order valence-electron chi connectivity index (χ4n) is 2.65. The summed E-state index contributed by atoms with van der Waals surface area (Å²) in [6, 6.07) is 3.65. The van der Waals surface area contributed by atoms with Gasteiger partial charge in [0.1, 0.15) is 24.0 Å². The number of H-pyrrole nitrogens is 1. The van der Waals surface area contributed by atoms with Gasteiger partial charge in [0.25, 0.3) is 5.56 Å². The molecule has 0 fully saturated rings. The van der Waals surface area contributed by atoms with Crippen molar-refractivity contribution in [3.8, 4) is 16.9 Å². The van der Waals surface area contributed by atoms with Crippen molar-refractivity contribution in [1.82, 2.24) is 4.98 Å². The molecule has 0 radical (unpaired) electrons. The van der Waals surface area contributed by atoms with Gasteiger partial charge in [-0.1, -0.05) is 26.5 Å². The second-order valence-electron chi connectivity index (χ2n) is 6.14. The molecular formula is C19H21F2NO2. The highest BCUT2D eigenvalue weighted by molar-refractivity contribution is 5.73. The zero-order valence-corrected chi connectivity index (χ0v) is 14.1. The van der Waals surface area contributed by atoms with Crippen molar-refractivity contribution in [2.24, 2.45) is 5.92 Å². The van der Waals surface area contributed by atoms with Crippen molar-refractivity contribution in [2.75, 3.05) is 6.61 Å². The highest BCUT2D eigenvalue weighted by atomic mass is 19.1. The molecule has 0 aliphatic heterocycles. The van der Waals surface area contributed by atoms with Crippen molar-refractivity contribution in [2.45, 2.75) is 27.2 Å². The fraction of sp³-hybridized carbons (Fsp3) is 0.316. The standard InChI is InChI=1S/C19H21F2NO2/c1-5-6-24-16-10-14(7-11(2)3)22-19(23)18(16)17-12(4)8-13(20)9-15(17)21/h5,8-11H,1,6-7H2,2-4H3,(H,22,23). The largest absolute Gasteiger partial charge is 0.489 e. The van der Waals surface area contributed by atoms with Gasteiger partial charge in [-0.2, -0.15) is 0 Å². The number of ether oxygens (including phenoxy) is 1. The summed E-state index contributed by atoms with van der Waals surface area (Å²) in [5, 5.41) is 0. The van der Waals surface area contributed by atoms with Crippen LogP contribution >= 0.6 is 0 Å². The van der Waals surface area contributed by atoms with E-state index in [4.69, 9.17) is 4.74 Å². The third kappa shape index (κ3) is 3.91. The zero-order valence-electron chi connectivity index (χ0n) is 14.1. The molecule has 0 bridgehead atoms. The molecule has 1 N–H and O–H groups in total. The van der Waals surface area contributed by atoms with Crippen LogP contribution < -0.4 is 10.3 Å². The smallest absolute Gasteiger partial charge is 0.259 e. The van der Waals surface area contributed by atoms with E-state index in [1.54, 1.807) is 19.1 Å². The Hall–Kier alpha value is -2.43. The van der Waals surface area contributed by atoms with Crippen molar-refractivity contribution >= 4 is 0 Å².